The van der Waals surface area contributed by atoms with Crippen molar-refractivity contribution in [2.24, 2.45) is 11.5 Å². The number of carboxylic acids is 1. The Balaban J connectivity index is 4.50. The van der Waals surface area contributed by atoms with E-state index in [1.807, 2.05) is 0 Å². The Morgan fingerprint density at radius 3 is 2.50 bits per heavy atom. The predicted octanol–water partition coefficient (Wildman–Crippen LogP) is -0.926. The molecular formula is C10H16N2O4. The Kier molecular flexibility index (Phi) is 6.15. The number of carbonyl (C=O) groups is 2. The van der Waals surface area contributed by atoms with Crippen LogP contribution >= 0.6 is 0 Å². The highest BCUT2D eigenvalue weighted by Crippen LogP contribution is 2.14. The highest BCUT2D eigenvalue weighted by Gasteiger charge is 2.43. The van der Waals surface area contributed by atoms with Crippen molar-refractivity contribution in [2.75, 3.05) is 13.2 Å². The van der Waals surface area contributed by atoms with Gasteiger partial charge in [-0.2, -0.15) is 0 Å². The Hall–Kier alpha value is -1.58. The number of rotatable bonds is 7. The molecule has 0 unspecified atom stereocenters. The molecule has 0 aromatic carbocycles. The number of carbonyl (C=O) groups excluding carboxylic acids is 1. The zero-order valence-electron chi connectivity index (χ0n) is 8.94. The molecule has 90 valence electrons. The molecule has 0 fully saturated rings. The molecule has 0 saturated heterocycles. The smallest absolute Gasteiger partial charge is 0.338 e. The van der Waals surface area contributed by atoms with Gasteiger partial charge in [-0.1, -0.05) is 5.92 Å². The lowest BCUT2D eigenvalue weighted by atomic mass is 9.94. The summed E-state index contributed by atoms with van der Waals surface area (Å²) in [4.78, 5) is 22.3. The largest absolute Gasteiger partial charge is 0.479 e. The van der Waals surface area contributed by atoms with Gasteiger partial charge in [-0.25, -0.2) is 9.59 Å². The molecule has 0 heterocycles. The Bertz CT molecular complexity index is 298. The topological polar surface area (TPSA) is 116 Å². The van der Waals surface area contributed by atoms with Crippen LogP contribution in [0.3, 0.4) is 0 Å². The van der Waals surface area contributed by atoms with E-state index >= 15 is 0 Å². The molecule has 0 aliphatic heterocycles. The molecule has 5 N–H and O–H groups in total. The molecule has 0 bridgehead atoms. The molecule has 0 aliphatic rings. The Labute approximate surface area is 93.9 Å². The molecule has 0 aromatic heterocycles. The van der Waals surface area contributed by atoms with Gasteiger partial charge in [-0.05, 0) is 25.8 Å². The number of hydrogen-bond acceptors (Lipinski definition) is 5. The lowest BCUT2D eigenvalue weighted by molar-refractivity contribution is -0.160. The van der Waals surface area contributed by atoms with Gasteiger partial charge in [0.15, 0.2) is 6.61 Å². The van der Waals surface area contributed by atoms with Crippen LogP contribution in [0.1, 0.15) is 19.3 Å². The first-order chi connectivity index (χ1) is 7.49. The summed E-state index contributed by atoms with van der Waals surface area (Å²) in [6.45, 7) is 0.122. The van der Waals surface area contributed by atoms with E-state index in [0.717, 1.165) is 0 Å². The average Bonchev–Trinajstić information content (AvgIpc) is 2.25. The number of aliphatic carboxylic acids is 1. The number of nitrogens with two attached hydrogens (primary N) is 2. The first-order valence-corrected chi connectivity index (χ1v) is 4.82. The van der Waals surface area contributed by atoms with Crippen molar-refractivity contribution in [3.63, 3.8) is 0 Å². The summed E-state index contributed by atoms with van der Waals surface area (Å²) in [7, 11) is 0. The maximum Gasteiger partial charge on any atom is 0.338 e. The fourth-order valence-corrected chi connectivity index (χ4v) is 1.08. The van der Waals surface area contributed by atoms with Gasteiger partial charge in [-0.3, -0.25) is 0 Å². The van der Waals surface area contributed by atoms with E-state index < -0.39 is 17.5 Å². The van der Waals surface area contributed by atoms with Gasteiger partial charge in [0.25, 0.3) is 0 Å². The van der Waals surface area contributed by atoms with E-state index in [1.165, 1.54) is 0 Å². The molecule has 1 atom stereocenters. The van der Waals surface area contributed by atoms with E-state index in [0.29, 0.717) is 19.4 Å². The third kappa shape index (κ3) is 3.88. The number of terminal acetylenes is 1. The maximum atomic E-state index is 11.4. The fourth-order valence-electron chi connectivity index (χ4n) is 1.08. The molecular weight excluding hydrogens is 212 g/mol. The van der Waals surface area contributed by atoms with E-state index in [1.54, 1.807) is 0 Å². The number of esters is 1. The molecule has 0 spiro atoms. The normalized spacial score (nSPS) is 13.6. The highest BCUT2D eigenvalue weighted by atomic mass is 16.5. The molecule has 0 rings (SSSR count). The van der Waals surface area contributed by atoms with Crippen molar-refractivity contribution >= 4 is 11.9 Å². The third-order valence-corrected chi connectivity index (χ3v) is 2.06. The van der Waals surface area contributed by atoms with E-state index in [-0.39, 0.29) is 13.0 Å². The van der Waals surface area contributed by atoms with Crippen LogP contribution in [0.25, 0.3) is 0 Å². The standard InChI is InChI=1S/C10H16N2O4/c1-2-7-16-9(15)10(12,8(13)14)5-3-4-6-11/h1H,3-7,11-12H2,(H,13,14)/t10-/m0/s1. The van der Waals surface area contributed by atoms with Crippen LogP contribution in [0.2, 0.25) is 0 Å². The minimum absolute atomic E-state index is 0.0249. The second kappa shape index (κ2) is 6.82. The molecule has 16 heavy (non-hydrogen) atoms. The summed E-state index contributed by atoms with van der Waals surface area (Å²) >= 11 is 0. The summed E-state index contributed by atoms with van der Waals surface area (Å²) in [5, 5.41) is 8.89. The quantitative estimate of drug-likeness (QED) is 0.224. The Morgan fingerprint density at radius 1 is 1.44 bits per heavy atom. The van der Waals surface area contributed by atoms with Crippen molar-refractivity contribution in [2.45, 2.75) is 24.8 Å². The van der Waals surface area contributed by atoms with Crippen molar-refractivity contribution in [1.29, 1.82) is 0 Å². The Morgan fingerprint density at radius 2 is 2.06 bits per heavy atom. The minimum atomic E-state index is -2.04. The summed E-state index contributed by atoms with van der Waals surface area (Å²) in [6, 6.07) is 0. The number of carboxylic acid groups (broad SMARTS) is 1. The van der Waals surface area contributed by atoms with Crippen molar-refractivity contribution < 1.29 is 19.4 Å². The van der Waals surface area contributed by atoms with E-state index in [9.17, 15) is 9.59 Å². The number of unbranched alkanes of at least 4 members (excludes halogenated alkanes) is 1. The first-order valence-electron chi connectivity index (χ1n) is 4.82. The van der Waals surface area contributed by atoms with E-state index in [4.69, 9.17) is 23.0 Å². The molecule has 0 amide bonds. The van der Waals surface area contributed by atoms with Crippen LogP contribution in [0.4, 0.5) is 0 Å². The van der Waals surface area contributed by atoms with Crippen molar-refractivity contribution in [3.8, 4) is 12.3 Å². The second-order valence-electron chi connectivity index (χ2n) is 3.30. The van der Waals surface area contributed by atoms with Gasteiger partial charge < -0.3 is 21.3 Å². The van der Waals surface area contributed by atoms with Gasteiger partial charge in [0, 0.05) is 0 Å². The summed E-state index contributed by atoms with van der Waals surface area (Å²) in [5.41, 5.74) is 8.71. The predicted molar refractivity (Wildman–Crippen MR) is 57.3 cm³/mol. The van der Waals surface area contributed by atoms with Crippen LogP contribution in [-0.4, -0.2) is 35.7 Å². The minimum Gasteiger partial charge on any atom is -0.479 e. The van der Waals surface area contributed by atoms with Gasteiger partial charge in [0.1, 0.15) is 0 Å². The lowest BCUT2D eigenvalue weighted by Crippen LogP contribution is -2.55. The first kappa shape index (κ1) is 14.4. The summed E-state index contributed by atoms with van der Waals surface area (Å²) < 4.78 is 4.54. The summed E-state index contributed by atoms with van der Waals surface area (Å²) in [6.07, 6.45) is 5.89. The molecule has 0 radical (unpaired) electrons. The van der Waals surface area contributed by atoms with Crippen LogP contribution in [-0.2, 0) is 14.3 Å². The molecule has 6 nitrogen and oxygen atoms in total. The SMILES string of the molecule is C#CCOC(=O)[C@](N)(CCCCN)C(=O)O. The lowest BCUT2D eigenvalue weighted by Gasteiger charge is -2.21. The molecule has 0 saturated carbocycles. The maximum absolute atomic E-state index is 11.4. The number of hydrogen-bond donors (Lipinski definition) is 3. The molecule has 0 aromatic rings. The number of ether oxygens (including phenoxy) is 1. The molecule has 0 aliphatic carbocycles. The van der Waals surface area contributed by atoms with Crippen LogP contribution in [0, 0.1) is 12.3 Å². The van der Waals surface area contributed by atoms with Crippen LogP contribution in [0.15, 0.2) is 0 Å². The highest BCUT2D eigenvalue weighted by molar-refractivity contribution is 6.03. The van der Waals surface area contributed by atoms with Crippen LogP contribution < -0.4 is 11.5 Å². The van der Waals surface area contributed by atoms with Gasteiger partial charge in [0.2, 0.25) is 5.54 Å². The molecule has 6 heteroatoms. The van der Waals surface area contributed by atoms with Gasteiger partial charge in [0.05, 0.1) is 0 Å². The van der Waals surface area contributed by atoms with E-state index in [2.05, 4.69) is 10.7 Å². The second-order valence-corrected chi connectivity index (χ2v) is 3.30. The van der Waals surface area contributed by atoms with Gasteiger partial charge >= 0.3 is 11.9 Å². The van der Waals surface area contributed by atoms with Gasteiger partial charge in [-0.15, -0.1) is 6.42 Å². The average molecular weight is 228 g/mol. The van der Waals surface area contributed by atoms with Crippen LogP contribution in [0.5, 0.6) is 0 Å². The zero-order valence-corrected chi connectivity index (χ0v) is 8.94. The monoisotopic (exact) mass is 228 g/mol. The van der Waals surface area contributed by atoms with Crippen molar-refractivity contribution in [3.05, 3.63) is 0 Å². The van der Waals surface area contributed by atoms with Crippen molar-refractivity contribution in [1.82, 2.24) is 0 Å². The zero-order chi connectivity index (χ0) is 12.6. The summed E-state index contributed by atoms with van der Waals surface area (Å²) in [5.74, 6) is -0.378. The fraction of sp³-hybridized carbons (Fsp3) is 0.600. The third-order valence-electron chi connectivity index (χ3n) is 2.06.